The van der Waals surface area contributed by atoms with Crippen molar-refractivity contribution in [3.63, 3.8) is 0 Å². The van der Waals surface area contributed by atoms with Gasteiger partial charge in [0.1, 0.15) is 22.9 Å². The molecular weight excluding hydrogens is 436 g/mol. The van der Waals surface area contributed by atoms with E-state index in [0.717, 1.165) is 5.39 Å². The van der Waals surface area contributed by atoms with Crippen molar-refractivity contribution in [2.45, 2.75) is 6.92 Å². The summed E-state index contributed by atoms with van der Waals surface area (Å²) in [6.07, 6.45) is 1.32. The topological polar surface area (TPSA) is 114 Å². The molecule has 0 spiro atoms. The second kappa shape index (κ2) is 8.99. The minimum atomic E-state index is -1.13. The summed E-state index contributed by atoms with van der Waals surface area (Å²) in [6.45, 7) is 2.43. The van der Waals surface area contributed by atoms with Gasteiger partial charge in [-0.15, -0.1) is 0 Å². The molecule has 8 nitrogen and oxygen atoms in total. The van der Waals surface area contributed by atoms with Gasteiger partial charge in [0.2, 0.25) is 0 Å². The third-order valence-electron chi connectivity index (χ3n) is 4.49. The summed E-state index contributed by atoms with van der Waals surface area (Å²) >= 11 is 5.89. The maximum Gasteiger partial charge on any atom is 0.337 e. The second-order valence-electron chi connectivity index (χ2n) is 6.64. The maximum absolute atomic E-state index is 12.3. The molecule has 9 heteroatoms. The van der Waals surface area contributed by atoms with Crippen LogP contribution in [0.25, 0.3) is 22.3 Å². The number of hydrogen-bond donors (Lipinski definition) is 2. The first-order chi connectivity index (χ1) is 15.4. The largest absolute Gasteiger partial charge is 0.494 e. The van der Waals surface area contributed by atoms with Crippen LogP contribution in [0.2, 0.25) is 5.02 Å². The first-order valence-corrected chi connectivity index (χ1v) is 9.95. The number of hydrazone groups is 1. The molecule has 2 aromatic carbocycles. The number of aromatic carboxylic acids is 1. The van der Waals surface area contributed by atoms with Crippen LogP contribution in [0.4, 0.5) is 0 Å². The fraction of sp³-hybridized carbons (Fsp3) is 0.0870. The number of halogens is 1. The summed E-state index contributed by atoms with van der Waals surface area (Å²) in [5.41, 5.74) is 3.46. The highest BCUT2D eigenvalue weighted by molar-refractivity contribution is 6.33. The smallest absolute Gasteiger partial charge is 0.337 e. The van der Waals surface area contributed by atoms with Crippen molar-refractivity contribution >= 4 is 40.7 Å². The van der Waals surface area contributed by atoms with Crippen molar-refractivity contribution in [1.29, 1.82) is 0 Å². The van der Waals surface area contributed by atoms with Crippen LogP contribution in [0, 0.1) is 0 Å². The van der Waals surface area contributed by atoms with Crippen molar-refractivity contribution in [2.24, 2.45) is 5.10 Å². The summed E-state index contributed by atoms with van der Waals surface area (Å²) in [5.74, 6) is -0.0696. The molecule has 2 aromatic heterocycles. The molecule has 0 aliphatic rings. The molecule has 32 heavy (non-hydrogen) atoms. The highest BCUT2D eigenvalue weighted by Crippen LogP contribution is 2.27. The highest BCUT2D eigenvalue weighted by Gasteiger charge is 2.14. The molecular formula is C23H17ClN2O6. The SMILES string of the molecule is CCOc1ccc2oc(C(=O)N/N=C\c3ccc(-c4ccc(Cl)c(C(=O)O)c4)o3)cc2c1. The van der Waals surface area contributed by atoms with Crippen molar-refractivity contribution in [3.8, 4) is 17.1 Å². The van der Waals surface area contributed by atoms with Gasteiger partial charge in [0.15, 0.2) is 5.76 Å². The molecule has 2 N–H and O–H groups in total. The number of nitrogens with zero attached hydrogens (tertiary/aromatic N) is 1. The Morgan fingerprint density at radius 1 is 1.12 bits per heavy atom. The van der Waals surface area contributed by atoms with E-state index in [4.69, 9.17) is 25.2 Å². The van der Waals surface area contributed by atoms with Gasteiger partial charge in [-0.25, -0.2) is 10.2 Å². The second-order valence-corrected chi connectivity index (χ2v) is 7.05. The zero-order valence-electron chi connectivity index (χ0n) is 16.8. The van der Waals surface area contributed by atoms with Gasteiger partial charge in [0.05, 0.1) is 23.4 Å². The Labute approximate surface area is 187 Å². The van der Waals surface area contributed by atoms with Gasteiger partial charge in [0, 0.05) is 10.9 Å². The summed E-state index contributed by atoms with van der Waals surface area (Å²) in [6, 6.07) is 14.7. The number of carbonyl (C=O) groups is 2. The van der Waals surface area contributed by atoms with Crippen molar-refractivity contribution in [1.82, 2.24) is 5.43 Å². The molecule has 0 bridgehead atoms. The summed E-state index contributed by atoms with van der Waals surface area (Å²) in [5, 5.41) is 14.0. The number of carboxylic acid groups (broad SMARTS) is 1. The van der Waals surface area contributed by atoms with E-state index in [0.29, 0.717) is 35.0 Å². The lowest BCUT2D eigenvalue weighted by molar-refractivity contribution is 0.0697. The molecule has 1 amide bonds. The third-order valence-corrected chi connectivity index (χ3v) is 4.82. The standard InChI is InChI=1S/C23H17ClN2O6/c1-2-30-15-4-7-20-14(9-15)11-21(32-20)22(27)26-25-12-16-5-8-19(31-16)13-3-6-18(24)17(10-13)23(28)29/h3-12H,2H2,1H3,(H,26,27)(H,28,29)/b25-12-. The van der Waals surface area contributed by atoms with E-state index in [1.807, 2.05) is 6.92 Å². The first-order valence-electron chi connectivity index (χ1n) is 9.57. The lowest BCUT2D eigenvalue weighted by Crippen LogP contribution is -2.16. The van der Waals surface area contributed by atoms with Gasteiger partial charge in [-0.2, -0.15) is 5.10 Å². The number of amides is 1. The number of hydrogen-bond acceptors (Lipinski definition) is 6. The van der Waals surface area contributed by atoms with Crippen LogP contribution in [-0.4, -0.2) is 29.8 Å². The number of fused-ring (bicyclic) bond motifs is 1. The van der Waals surface area contributed by atoms with E-state index >= 15 is 0 Å². The van der Waals surface area contributed by atoms with E-state index in [2.05, 4.69) is 10.5 Å². The Kier molecular flexibility index (Phi) is 5.96. The number of nitrogens with one attached hydrogen (secondary N) is 1. The molecule has 0 radical (unpaired) electrons. The predicted octanol–water partition coefficient (Wildman–Crippen LogP) is 5.21. The van der Waals surface area contributed by atoms with E-state index in [9.17, 15) is 14.7 Å². The van der Waals surface area contributed by atoms with Crippen LogP contribution in [-0.2, 0) is 0 Å². The molecule has 162 valence electrons. The maximum atomic E-state index is 12.3. The lowest BCUT2D eigenvalue weighted by atomic mass is 10.1. The van der Waals surface area contributed by atoms with Crippen LogP contribution in [0.1, 0.15) is 33.6 Å². The lowest BCUT2D eigenvalue weighted by Gasteiger charge is -2.01. The molecule has 0 aliphatic heterocycles. The monoisotopic (exact) mass is 452 g/mol. The van der Waals surface area contributed by atoms with Crippen molar-refractivity contribution in [3.05, 3.63) is 76.7 Å². The number of furan rings is 2. The fourth-order valence-electron chi connectivity index (χ4n) is 3.02. The van der Waals surface area contributed by atoms with Gasteiger partial charge in [-0.1, -0.05) is 11.6 Å². The Balaban J connectivity index is 1.44. The van der Waals surface area contributed by atoms with Crippen LogP contribution in [0.3, 0.4) is 0 Å². The van der Waals surface area contributed by atoms with Crippen molar-refractivity contribution in [2.75, 3.05) is 6.61 Å². The Bertz CT molecular complexity index is 1340. The minimum absolute atomic E-state index is 0.0257. The van der Waals surface area contributed by atoms with Crippen LogP contribution >= 0.6 is 11.6 Å². The number of rotatable bonds is 7. The minimum Gasteiger partial charge on any atom is -0.494 e. The summed E-state index contributed by atoms with van der Waals surface area (Å²) < 4.78 is 16.6. The molecule has 0 aliphatic carbocycles. The molecule has 0 saturated heterocycles. The molecule has 4 rings (SSSR count). The van der Waals surface area contributed by atoms with Crippen molar-refractivity contribution < 1.29 is 28.3 Å². The van der Waals surface area contributed by atoms with Crippen LogP contribution < -0.4 is 10.2 Å². The Hall–Kier alpha value is -4.04. The van der Waals surface area contributed by atoms with Gasteiger partial charge in [-0.05, 0) is 61.5 Å². The third kappa shape index (κ3) is 4.50. The number of carbonyl (C=O) groups excluding carboxylic acids is 1. The van der Waals surface area contributed by atoms with E-state index in [1.165, 1.54) is 18.3 Å². The normalized spacial score (nSPS) is 11.2. The molecule has 0 saturated carbocycles. The van der Waals surface area contributed by atoms with E-state index in [1.54, 1.807) is 42.5 Å². The van der Waals surface area contributed by atoms with E-state index < -0.39 is 11.9 Å². The zero-order valence-corrected chi connectivity index (χ0v) is 17.6. The molecule has 2 heterocycles. The molecule has 0 unspecified atom stereocenters. The number of benzene rings is 2. The number of carboxylic acids is 1. The quantitative estimate of drug-likeness (QED) is 0.294. The van der Waals surface area contributed by atoms with Gasteiger partial charge >= 0.3 is 11.9 Å². The van der Waals surface area contributed by atoms with E-state index in [-0.39, 0.29) is 16.3 Å². The molecule has 4 aromatic rings. The van der Waals surface area contributed by atoms with Crippen LogP contribution in [0.15, 0.2) is 68.5 Å². The summed E-state index contributed by atoms with van der Waals surface area (Å²) in [7, 11) is 0. The fourth-order valence-corrected chi connectivity index (χ4v) is 3.22. The molecule has 0 atom stereocenters. The number of ether oxygens (including phenoxy) is 1. The van der Waals surface area contributed by atoms with Gasteiger partial charge in [0.25, 0.3) is 0 Å². The Morgan fingerprint density at radius 2 is 1.97 bits per heavy atom. The average molecular weight is 453 g/mol. The first kappa shape index (κ1) is 21.2. The van der Waals surface area contributed by atoms with Gasteiger partial charge < -0.3 is 18.7 Å². The predicted molar refractivity (Wildman–Crippen MR) is 119 cm³/mol. The summed E-state index contributed by atoms with van der Waals surface area (Å²) in [4.78, 5) is 23.6. The average Bonchev–Trinajstić information content (AvgIpc) is 3.41. The van der Waals surface area contributed by atoms with Gasteiger partial charge in [-0.3, -0.25) is 4.79 Å². The molecule has 0 fully saturated rings. The highest BCUT2D eigenvalue weighted by atomic mass is 35.5. The Morgan fingerprint density at radius 3 is 2.75 bits per heavy atom. The zero-order chi connectivity index (χ0) is 22.7. The van der Waals surface area contributed by atoms with Crippen LogP contribution in [0.5, 0.6) is 5.75 Å².